The van der Waals surface area contributed by atoms with Gasteiger partial charge >= 0.3 is 0 Å². The normalized spacial score (nSPS) is 11.4. The van der Waals surface area contributed by atoms with Crippen molar-refractivity contribution in [3.8, 4) is 0 Å². The van der Waals surface area contributed by atoms with Crippen molar-refractivity contribution in [1.82, 2.24) is 10.9 Å². The molecule has 0 saturated carbocycles. The largest absolute Gasteiger partial charge is 0.456 e. The molecule has 2 aromatic carbocycles. The fourth-order valence-electron chi connectivity index (χ4n) is 2.07. The van der Waals surface area contributed by atoms with Crippen molar-refractivity contribution >= 4 is 21.9 Å². The van der Waals surface area contributed by atoms with E-state index in [1.54, 1.807) is 0 Å². The maximum absolute atomic E-state index is 5.82. The van der Waals surface area contributed by atoms with Gasteiger partial charge in [0.2, 0.25) is 0 Å². The number of benzene rings is 2. The van der Waals surface area contributed by atoms with Crippen LogP contribution in [-0.4, -0.2) is 7.05 Å². The Morgan fingerprint density at radius 1 is 1.00 bits per heavy atom. The lowest BCUT2D eigenvalue weighted by molar-refractivity contribution is 0.595. The lowest BCUT2D eigenvalue weighted by atomic mass is 10.1. The van der Waals surface area contributed by atoms with Crippen LogP contribution in [0.2, 0.25) is 0 Å². The fourth-order valence-corrected chi connectivity index (χ4v) is 2.07. The molecule has 3 rings (SSSR count). The lowest BCUT2D eigenvalue weighted by Crippen LogP contribution is -2.26. The molecule has 3 nitrogen and oxygen atoms in total. The minimum Gasteiger partial charge on any atom is -0.456 e. The third kappa shape index (κ3) is 1.79. The molecular formula is C14H14N2O. The van der Waals surface area contributed by atoms with E-state index in [4.69, 9.17) is 4.42 Å². The maximum atomic E-state index is 5.82. The van der Waals surface area contributed by atoms with Crippen molar-refractivity contribution in [2.24, 2.45) is 0 Å². The standard InChI is InChI=1S/C14H14N2O/c1-15-16-9-10-6-7-12-11-4-2-3-5-13(11)17-14(12)8-10/h2-8,15-16H,9H2,1H3. The van der Waals surface area contributed by atoms with Gasteiger partial charge in [0.1, 0.15) is 11.2 Å². The van der Waals surface area contributed by atoms with Crippen molar-refractivity contribution in [2.75, 3.05) is 7.05 Å². The summed E-state index contributed by atoms with van der Waals surface area (Å²) in [5.41, 5.74) is 9.07. The van der Waals surface area contributed by atoms with Crippen LogP contribution >= 0.6 is 0 Å². The molecule has 0 amide bonds. The Bertz CT molecular complexity index is 657. The molecule has 1 aromatic heterocycles. The van der Waals surface area contributed by atoms with Crippen molar-refractivity contribution < 1.29 is 4.42 Å². The van der Waals surface area contributed by atoms with Gasteiger partial charge in [-0.2, -0.15) is 0 Å². The summed E-state index contributed by atoms with van der Waals surface area (Å²) in [6.45, 7) is 0.781. The second-order valence-electron chi connectivity index (χ2n) is 4.03. The van der Waals surface area contributed by atoms with Gasteiger partial charge in [-0.15, -0.1) is 0 Å². The van der Waals surface area contributed by atoms with Crippen LogP contribution in [0.3, 0.4) is 0 Å². The first-order valence-corrected chi connectivity index (χ1v) is 5.68. The van der Waals surface area contributed by atoms with Gasteiger partial charge in [-0.1, -0.05) is 30.3 Å². The number of para-hydroxylation sites is 1. The first-order valence-electron chi connectivity index (χ1n) is 5.68. The van der Waals surface area contributed by atoms with Crippen molar-refractivity contribution in [2.45, 2.75) is 6.54 Å². The minimum atomic E-state index is 0.781. The van der Waals surface area contributed by atoms with Gasteiger partial charge in [0.05, 0.1) is 0 Å². The molecule has 0 atom stereocenters. The average molecular weight is 226 g/mol. The van der Waals surface area contributed by atoms with Crippen LogP contribution in [0.1, 0.15) is 5.56 Å². The first kappa shape index (κ1) is 10.3. The van der Waals surface area contributed by atoms with E-state index >= 15 is 0 Å². The van der Waals surface area contributed by atoms with Gasteiger partial charge in [0.15, 0.2) is 0 Å². The monoisotopic (exact) mass is 226 g/mol. The van der Waals surface area contributed by atoms with E-state index in [0.717, 1.165) is 17.7 Å². The molecule has 0 aliphatic heterocycles. The molecule has 0 saturated heterocycles. The average Bonchev–Trinajstić information content (AvgIpc) is 2.74. The second-order valence-corrected chi connectivity index (χ2v) is 4.03. The number of hydrogen-bond acceptors (Lipinski definition) is 3. The number of hydrazine groups is 1. The Morgan fingerprint density at radius 3 is 2.71 bits per heavy atom. The summed E-state index contributed by atoms with van der Waals surface area (Å²) in [6.07, 6.45) is 0. The number of hydrogen-bond donors (Lipinski definition) is 2. The van der Waals surface area contributed by atoms with E-state index in [2.05, 4.69) is 35.1 Å². The van der Waals surface area contributed by atoms with Crippen molar-refractivity contribution in [1.29, 1.82) is 0 Å². The molecule has 0 unspecified atom stereocenters. The maximum Gasteiger partial charge on any atom is 0.135 e. The van der Waals surface area contributed by atoms with Gasteiger partial charge < -0.3 is 4.42 Å². The van der Waals surface area contributed by atoms with Gasteiger partial charge in [0, 0.05) is 17.3 Å². The van der Waals surface area contributed by atoms with E-state index < -0.39 is 0 Å². The predicted octanol–water partition coefficient (Wildman–Crippen LogP) is 2.81. The van der Waals surface area contributed by atoms with Crippen LogP contribution in [0, 0.1) is 0 Å². The number of furan rings is 1. The highest BCUT2D eigenvalue weighted by Gasteiger charge is 2.06. The van der Waals surface area contributed by atoms with E-state index in [9.17, 15) is 0 Å². The molecular weight excluding hydrogens is 212 g/mol. The Labute approximate surface area is 99.4 Å². The predicted molar refractivity (Wildman–Crippen MR) is 69.6 cm³/mol. The van der Waals surface area contributed by atoms with Crippen molar-refractivity contribution in [3.63, 3.8) is 0 Å². The number of fused-ring (bicyclic) bond motifs is 3. The van der Waals surface area contributed by atoms with Crippen LogP contribution < -0.4 is 10.9 Å². The molecule has 0 spiro atoms. The molecule has 17 heavy (non-hydrogen) atoms. The van der Waals surface area contributed by atoms with Crippen LogP contribution in [0.5, 0.6) is 0 Å². The summed E-state index contributed by atoms with van der Waals surface area (Å²) in [5.74, 6) is 0. The fraction of sp³-hybridized carbons (Fsp3) is 0.143. The Hall–Kier alpha value is -1.84. The van der Waals surface area contributed by atoms with E-state index in [1.165, 1.54) is 16.3 Å². The first-order chi connectivity index (χ1) is 8.38. The quantitative estimate of drug-likeness (QED) is 0.674. The molecule has 0 fully saturated rings. The van der Waals surface area contributed by atoms with Crippen LogP contribution in [-0.2, 0) is 6.54 Å². The summed E-state index contributed by atoms with van der Waals surface area (Å²) in [4.78, 5) is 0. The topological polar surface area (TPSA) is 37.2 Å². The molecule has 86 valence electrons. The molecule has 3 aromatic rings. The highest BCUT2D eigenvalue weighted by atomic mass is 16.3. The summed E-state index contributed by atoms with van der Waals surface area (Å²) < 4.78 is 5.82. The van der Waals surface area contributed by atoms with Gasteiger partial charge in [-0.05, 0) is 24.7 Å². The Balaban J connectivity index is 2.13. The summed E-state index contributed by atoms with van der Waals surface area (Å²) >= 11 is 0. The summed E-state index contributed by atoms with van der Waals surface area (Å²) in [7, 11) is 1.86. The Morgan fingerprint density at radius 2 is 1.82 bits per heavy atom. The SMILES string of the molecule is CNNCc1ccc2c(c1)oc1ccccc12. The summed E-state index contributed by atoms with van der Waals surface area (Å²) in [6, 6.07) is 14.4. The molecule has 3 heteroatoms. The van der Waals surface area contributed by atoms with Crippen LogP contribution in [0.4, 0.5) is 0 Å². The van der Waals surface area contributed by atoms with Gasteiger partial charge in [-0.3, -0.25) is 10.9 Å². The van der Waals surface area contributed by atoms with Crippen LogP contribution in [0.25, 0.3) is 21.9 Å². The lowest BCUT2D eigenvalue weighted by Gasteiger charge is -2.02. The zero-order valence-electron chi connectivity index (χ0n) is 9.66. The van der Waals surface area contributed by atoms with E-state index in [-0.39, 0.29) is 0 Å². The van der Waals surface area contributed by atoms with E-state index in [1.807, 2.05) is 25.2 Å². The number of nitrogens with one attached hydrogen (secondary N) is 2. The Kier molecular flexibility index (Phi) is 2.55. The highest BCUT2D eigenvalue weighted by Crippen LogP contribution is 2.28. The molecule has 0 aliphatic rings. The molecule has 0 radical (unpaired) electrons. The van der Waals surface area contributed by atoms with Gasteiger partial charge in [-0.25, -0.2) is 0 Å². The zero-order chi connectivity index (χ0) is 11.7. The summed E-state index contributed by atoms with van der Waals surface area (Å²) in [5, 5.41) is 2.35. The molecule has 0 bridgehead atoms. The molecule has 1 heterocycles. The second kappa shape index (κ2) is 4.20. The third-order valence-electron chi connectivity index (χ3n) is 2.91. The van der Waals surface area contributed by atoms with Gasteiger partial charge in [0.25, 0.3) is 0 Å². The number of rotatable bonds is 3. The van der Waals surface area contributed by atoms with Crippen molar-refractivity contribution in [3.05, 3.63) is 48.0 Å². The highest BCUT2D eigenvalue weighted by molar-refractivity contribution is 6.04. The minimum absolute atomic E-state index is 0.781. The van der Waals surface area contributed by atoms with Crippen LogP contribution in [0.15, 0.2) is 46.9 Å². The zero-order valence-corrected chi connectivity index (χ0v) is 9.66. The third-order valence-corrected chi connectivity index (χ3v) is 2.91. The van der Waals surface area contributed by atoms with E-state index in [0.29, 0.717) is 0 Å². The molecule has 0 aliphatic carbocycles. The smallest absolute Gasteiger partial charge is 0.135 e. The molecule has 2 N–H and O–H groups in total.